The van der Waals surface area contributed by atoms with Crippen LogP contribution in [0.25, 0.3) is 22.2 Å². The molecule has 3 aromatic rings. The van der Waals surface area contributed by atoms with Crippen molar-refractivity contribution >= 4 is 16.8 Å². The van der Waals surface area contributed by atoms with Crippen molar-refractivity contribution in [2.75, 3.05) is 5.73 Å². The van der Waals surface area contributed by atoms with Crippen LogP contribution < -0.4 is 5.73 Å². The van der Waals surface area contributed by atoms with Crippen LogP contribution in [-0.2, 0) is 7.05 Å². The largest absolute Gasteiger partial charge is 0.368 e. The Bertz CT molecular complexity index is 699. The molecule has 0 spiro atoms. The van der Waals surface area contributed by atoms with E-state index in [4.69, 9.17) is 10.3 Å². The van der Waals surface area contributed by atoms with E-state index in [9.17, 15) is 4.39 Å². The van der Waals surface area contributed by atoms with E-state index >= 15 is 0 Å². The number of hydrogen-bond acceptors (Lipinski definition) is 3. The molecular formula is C12H10FN3O. The highest BCUT2D eigenvalue weighted by molar-refractivity contribution is 5.95. The maximum Gasteiger partial charge on any atom is 0.222 e. The van der Waals surface area contributed by atoms with E-state index in [2.05, 4.69) is 5.16 Å². The standard InChI is InChI=1S/C12H10FN3O/c1-16-6-7(9-5-11(14)17-15-9)12-8(13)3-2-4-10(12)16/h2-6H,14H2,1H3. The number of benzene rings is 1. The maximum absolute atomic E-state index is 13.8. The number of nitrogen functional groups attached to an aromatic ring is 1. The Hall–Kier alpha value is -2.30. The van der Waals surface area contributed by atoms with E-state index in [-0.39, 0.29) is 11.7 Å². The molecule has 5 heteroatoms. The van der Waals surface area contributed by atoms with Crippen LogP contribution >= 0.6 is 0 Å². The summed E-state index contributed by atoms with van der Waals surface area (Å²) >= 11 is 0. The van der Waals surface area contributed by atoms with E-state index in [0.29, 0.717) is 16.6 Å². The Kier molecular flexibility index (Phi) is 1.95. The molecule has 0 bridgehead atoms. The van der Waals surface area contributed by atoms with E-state index < -0.39 is 0 Å². The third-order valence-corrected chi connectivity index (χ3v) is 2.77. The summed E-state index contributed by atoms with van der Waals surface area (Å²) in [5.74, 6) is -0.0620. The molecule has 0 aliphatic rings. The Morgan fingerprint density at radius 3 is 2.94 bits per heavy atom. The van der Waals surface area contributed by atoms with Gasteiger partial charge in [0, 0.05) is 30.3 Å². The van der Waals surface area contributed by atoms with Gasteiger partial charge in [-0.3, -0.25) is 0 Å². The highest BCUT2D eigenvalue weighted by Crippen LogP contribution is 2.31. The highest BCUT2D eigenvalue weighted by atomic mass is 19.1. The Morgan fingerprint density at radius 2 is 2.24 bits per heavy atom. The Balaban J connectivity index is 2.37. The van der Waals surface area contributed by atoms with Crippen LogP contribution in [0.2, 0.25) is 0 Å². The maximum atomic E-state index is 13.8. The van der Waals surface area contributed by atoms with Crippen LogP contribution in [0.3, 0.4) is 0 Å². The summed E-state index contributed by atoms with van der Waals surface area (Å²) in [7, 11) is 1.86. The fraction of sp³-hybridized carbons (Fsp3) is 0.0833. The fourth-order valence-electron chi connectivity index (χ4n) is 2.01. The molecular weight excluding hydrogens is 221 g/mol. The zero-order valence-electron chi connectivity index (χ0n) is 9.14. The van der Waals surface area contributed by atoms with Gasteiger partial charge in [0.1, 0.15) is 11.5 Å². The van der Waals surface area contributed by atoms with Gasteiger partial charge in [-0.05, 0) is 12.1 Å². The second kappa shape index (κ2) is 3.35. The van der Waals surface area contributed by atoms with Gasteiger partial charge in [-0.2, -0.15) is 0 Å². The first-order valence-electron chi connectivity index (χ1n) is 5.13. The summed E-state index contributed by atoms with van der Waals surface area (Å²) in [6, 6.07) is 6.54. The molecule has 0 saturated heterocycles. The number of aromatic nitrogens is 2. The molecule has 17 heavy (non-hydrogen) atoms. The molecule has 0 saturated carbocycles. The number of fused-ring (bicyclic) bond motifs is 1. The minimum absolute atomic E-state index is 0.216. The third-order valence-electron chi connectivity index (χ3n) is 2.77. The Labute approximate surface area is 96.4 Å². The number of hydrogen-bond donors (Lipinski definition) is 1. The van der Waals surface area contributed by atoms with Crippen molar-refractivity contribution in [1.29, 1.82) is 0 Å². The van der Waals surface area contributed by atoms with E-state index in [0.717, 1.165) is 5.52 Å². The molecule has 86 valence electrons. The van der Waals surface area contributed by atoms with Gasteiger partial charge in [-0.15, -0.1) is 0 Å². The average molecular weight is 231 g/mol. The van der Waals surface area contributed by atoms with Crippen LogP contribution in [0.1, 0.15) is 0 Å². The molecule has 1 aromatic carbocycles. The molecule has 2 N–H and O–H groups in total. The van der Waals surface area contributed by atoms with E-state index in [1.165, 1.54) is 6.07 Å². The van der Waals surface area contributed by atoms with Crippen molar-refractivity contribution < 1.29 is 8.91 Å². The van der Waals surface area contributed by atoms with Gasteiger partial charge in [0.2, 0.25) is 5.88 Å². The number of anilines is 1. The lowest BCUT2D eigenvalue weighted by Crippen LogP contribution is -1.83. The number of nitrogens with zero attached hydrogens (tertiary/aromatic N) is 2. The molecule has 0 fully saturated rings. The summed E-state index contributed by atoms with van der Waals surface area (Å²) in [6.07, 6.45) is 1.81. The summed E-state index contributed by atoms with van der Waals surface area (Å²) < 4.78 is 20.5. The lowest BCUT2D eigenvalue weighted by atomic mass is 10.1. The lowest BCUT2D eigenvalue weighted by molar-refractivity contribution is 0.439. The molecule has 0 amide bonds. The monoisotopic (exact) mass is 231 g/mol. The highest BCUT2D eigenvalue weighted by Gasteiger charge is 2.15. The molecule has 3 rings (SSSR count). The summed E-state index contributed by atoms with van der Waals surface area (Å²) in [5, 5.41) is 4.34. The van der Waals surface area contributed by atoms with Crippen LogP contribution in [0.15, 0.2) is 35.0 Å². The molecule has 0 radical (unpaired) electrons. The average Bonchev–Trinajstić information content (AvgIpc) is 2.85. The number of nitrogens with two attached hydrogens (primary N) is 1. The van der Waals surface area contributed by atoms with Gasteiger partial charge < -0.3 is 14.8 Å². The molecule has 0 unspecified atom stereocenters. The topological polar surface area (TPSA) is 57.0 Å². The van der Waals surface area contributed by atoms with Crippen molar-refractivity contribution in [3.05, 3.63) is 36.3 Å². The zero-order valence-corrected chi connectivity index (χ0v) is 9.14. The number of rotatable bonds is 1. The first kappa shape index (κ1) is 9.89. The molecule has 2 aromatic heterocycles. The SMILES string of the molecule is Cn1cc(-c2cc(N)on2)c2c(F)cccc21. The van der Waals surface area contributed by atoms with E-state index in [1.807, 2.05) is 23.9 Å². The smallest absolute Gasteiger partial charge is 0.222 e. The summed E-state index contributed by atoms with van der Waals surface area (Å²) in [5.41, 5.74) is 7.50. The quantitative estimate of drug-likeness (QED) is 0.700. The van der Waals surface area contributed by atoms with Gasteiger partial charge >= 0.3 is 0 Å². The minimum Gasteiger partial charge on any atom is -0.368 e. The predicted octanol–water partition coefficient (Wildman–Crippen LogP) is 2.55. The number of aryl methyl sites for hydroxylation is 1. The normalized spacial score (nSPS) is 11.2. The third kappa shape index (κ3) is 1.39. The van der Waals surface area contributed by atoms with Crippen molar-refractivity contribution in [3.63, 3.8) is 0 Å². The Morgan fingerprint density at radius 1 is 1.41 bits per heavy atom. The minimum atomic E-state index is -0.278. The second-order valence-corrected chi connectivity index (χ2v) is 3.90. The summed E-state index contributed by atoms with van der Waals surface area (Å²) in [4.78, 5) is 0. The first-order valence-corrected chi connectivity index (χ1v) is 5.13. The van der Waals surface area contributed by atoms with Gasteiger partial charge in [0.05, 0.1) is 5.52 Å². The molecule has 2 heterocycles. The predicted molar refractivity (Wildman–Crippen MR) is 62.8 cm³/mol. The molecule has 4 nitrogen and oxygen atoms in total. The van der Waals surface area contributed by atoms with Crippen LogP contribution in [0.4, 0.5) is 10.3 Å². The zero-order chi connectivity index (χ0) is 12.0. The van der Waals surface area contributed by atoms with E-state index in [1.54, 1.807) is 12.1 Å². The molecule has 0 aliphatic carbocycles. The fourth-order valence-corrected chi connectivity index (χ4v) is 2.01. The number of halogens is 1. The summed E-state index contributed by atoms with van der Waals surface area (Å²) in [6.45, 7) is 0. The second-order valence-electron chi connectivity index (χ2n) is 3.90. The van der Waals surface area contributed by atoms with Crippen LogP contribution in [0.5, 0.6) is 0 Å². The first-order chi connectivity index (χ1) is 8.16. The van der Waals surface area contributed by atoms with Crippen molar-refractivity contribution in [1.82, 2.24) is 9.72 Å². The van der Waals surface area contributed by atoms with Crippen LogP contribution in [-0.4, -0.2) is 9.72 Å². The van der Waals surface area contributed by atoms with Crippen molar-refractivity contribution in [2.45, 2.75) is 0 Å². The van der Waals surface area contributed by atoms with Gasteiger partial charge in [0.25, 0.3) is 0 Å². The van der Waals surface area contributed by atoms with Crippen LogP contribution in [0, 0.1) is 5.82 Å². The van der Waals surface area contributed by atoms with Gasteiger partial charge in [0.15, 0.2) is 0 Å². The van der Waals surface area contributed by atoms with Gasteiger partial charge in [-0.1, -0.05) is 11.2 Å². The molecule has 0 atom stereocenters. The molecule has 0 aliphatic heterocycles. The van der Waals surface area contributed by atoms with Crippen molar-refractivity contribution in [3.8, 4) is 11.3 Å². The van der Waals surface area contributed by atoms with Crippen molar-refractivity contribution in [2.24, 2.45) is 7.05 Å². The lowest BCUT2D eigenvalue weighted by Gasteiger charge is -1.96. The van der Waals surface area contributed by atoms with Gasteiger partial charge in [-0.25, -0.2) is 4.39 Å².